The van der Waals surface area contributed by atoms with Crippen LogP contribution in [0.2, 0.25) is 0 Å². The number of hydrogen-bond donors (Lipinski definition) is 0. The average molecular weight is 413 g/mol. The lowest BCUT2D eigenvalue weighted by Gasteiger charge is -2.50. The Hall–Kier alpha value is -2.27. The van der Waals surface area contributed by atoms with Crippen molar-refractivity contribution in [3.63, 3.8) is 0 Å². The number of halogens is 2. The summed E-state index contributed by atoms with van der Waals surface area (Å²) in [6, 6.07) is 14.4. The van der Waals surface area contributed by atoms with E-state index in [1.54, 1.807) is 13.0 Å². The third kappa shape index (κ3) is 4.27. The van der Waals surface area contributed by atoms with Gasteiger partial charge in [-0.3, -0.25) is 9.69 Å². The summed E-state index contributed by atoms with van der Waals surface area (Å²) >= 11 is 0. The van der Waals surface area contributed by atoms with Crippen molar-refractivity contribution < 1.29 is 13.6 Å². The van der Waals surface area contributed by atoms with E-state index in [2.05, 4.69) is 29.2 Å². The van der Waals surface area contributed by atoms with E-state index in [0.717, 1.165) is 51.4 Å². The van der Waals surface area contributed by atoms with E-state index in [9.17, 15) is 13.6 Å². The lowest BCUT2D eigenvalue weighted by molar-refractivity contribution is -0.132. The third-order valence-electron chi connectivity index (χ3n) is 7.05. The highest BCUT2D eigenvalue weighted by Gasteiger charge is 2.46. The second kappa shape index (κ2) is 8.84. The molecule has 30 heavy (non-hydrogen) atoms. The first-order valence-electron chi connectivity index (χ1n) is 11.0. The molecule has 1 unspecified atom stereocenters. The minimum absolute atomic E-state index is 0.0307. The third-order valence-corrected chi connectivity index (χ3v) is 7.05. The first-order chi connectivity index (χ1) is 14.5. The van der Waals surface area contributed by atoms with Crippen molar-refractivity contribution in [3.05, 3.63) is 71.3 Å². The van der Waals surface area contributed by atoms with E-state index < -0.39 is 17.0 Å². The van der Waals surface area contributed by atoms with Gasteiger partial charge in [-0.2, -0.15) is 0 Å². The van der Waals surface area contributed by atoms with Gasteiger partial charge in [-0.25, -0.2) is 8.78 Å². The van der Waals surface area contributed by atoms with Crippen LogP contribution in [0.25, 0.3) is 0 Å². The molecule has 3 nitrogen and oxygen atoms in total. The number of likely N-dealkylation sites (tertiary alicyclic amines) is 2. The minimum Gasteiger partial charge on any atom is -0.342 e. The summed E-state index contributed by atoms with van der Waals surface area (Å²) in [5.41, 5.74) is 1.44. The van der Waals surface area contributed by atoms with Crippen LogP contribution in [0.15, 0.2) is 48.5 Å². The second-order valence-corrected chi connectivity index (χ2v) is 8.86. The van der Waals surface area contributed by atoms with E-state index in [1.807, 2.05) is 11.0 Å². The largest absolute Gasteiger partial charge is 0.342 e. The van der Waals surface area contributed by atoms with Crippen LogP contribution in [0.1, 0.15) is 43.7 Å². The molecule has 2 aromatic rings. The summed E-state index contributed by atoms with van der Waals surface area (Å²) < 4.78 is 28.6. The molecule has 160 valence electrons. The number of carbonyl (C=O) groups is 1. The minimum atomic E-state index is -0.552. The second-order valence-electron chi connectivity index (χ2n) is 8.86. The van der Waals surface area contributed by atoms with Gasteiger partial charge in [-0.15, -0.1) is 0 Å². The highest BCUT2D eigenvalue weighted by Crippen LogP contribution is 2.46. The molecule has 2 aromatic carbocycles. The van der Waals surface area contributed by atoms with Crippen LogP contribution in [-0.4, -0.2) is 41.9 Å². The Bertz CT molecular complexity index is 880. The van der Waals surface area contributed by atoms with Crippen molar-refractivity contribution in [1.82, 2.24) is 9.80 Å². The molecule has 0 radical (unpaired) electrons. The standard InChI is InChI=1S/C25H30F2N2O/c1-19(30)29-13-5-12-25(18-29,23-9-8-22(26)16-24(23)27)21-10-14-28(15-11-21)17-20-6-3-2-4-7-20/h2-4,6-9,16,21H,5,10-15,17-18H2,1H3. The van der Waals surface area contributed by atoms with Crippen LogP contribution < -0.4 is 0 Å². The summed E-state index contributed by atoms with van der Waals surface area (Å²) in [4.78, 5) is 16.5. The Kier molecular flexibility index (Phi) is 6.19. The van der Waals surface area contributed by atoms with Gasteiger partial charge in [0, 0.05) is 38.0 Å². The smallest absolute Gasteiger partial charge is 0.219 e. The maximum Gasteiger partial charge on any atom is 0.219 e. The summed E-state index contributed by atoms with van der Waals surface area (Å²) in [6.45, 7) is 5.64. The predicted molar refractivity (Wildman–Crippen MR) is 114 cm³/mol. The molecule has 2 aliphatic heterocycles. The van der Waals surface area contributed by atoms with Crippen LogP contribution in [0.3, 0.4) is 0 Å². The van der Waals surface area contributed by atoms with Crippen molar-refractivity contribution in [1.29, 1.82) is 0 Å². The van der Waals surface area contributed by atoms with Crippen molar-refractivity contribution in [2.45, 2.75) is 44.6 Å². The lowest BCUT2D eigenvalue weighted by atomic mass is 9.62. The highest BCUT2D eigenvalue weighted by molar-refractivity contribution is 5.73. The molecule has 1 atom stereocenters. The number of amides is 1. The zero-order valence-electron chi connectivity index (χ0n) is 17.6. The predicted octanol–water partition coefficient (Wildman–Crippen LogP) is 4.76. The van der Waals surface area contributed by atoms with Gasteiger partial charge >= 0.3 is 0 Å². The summed E-state index contributed by atoms with van der Waals surface area (Å²) in [6.07, 6.45) is 3.59. The fourth-order valence-corrected chi connectivity index (χ4v) is 5.50. The van der Waals surface area contributed by atoms with E-state index >= 15 is 0 Å². The molecule has 0 spiro atoms. The van der Waals surface area contributed by atoms with Gasteiger partial charge in [0.2, 0.25) is 5.91 Å². The van der Waals surface area contributed by atoms with Gasteiger partial charge in [0.25, 0.3) is 0 Å². The van der Waals surface area contributed by atoms with Crippen LogP contribution in [0.4, 0.5) is 8.78 Å². The average Bonchev–Trinajstić information content (AvgIpc) is 2.75. The molecule has 2 heterocycles. The fraction of sp³-hybridized carbons (Fsp3) is 0.480. The van der Waals surface area contributed by atoms with Crippen LogP contribution >= 0.6 is 0 Å². The highest BCUT2D eigenvalue weighted by atomic mass is 19.1. The van der Waals surface area contributed by atoms with Crippen molar-refractivity contribution in [3.8, 4) is 0 Å². The molecule has 0 bridgehead atoms. The Morgan fingerprint density at radius 3 is 2.47 bits per heavy atom. The summed E-state index contributed by atoms with van der Waals surface area (Å²) in [5, 5.41) is 0. The molecule has 4 rings (SSSR count). The molecular weight excluding hydrogens is 382 g/mol. The maximum absolute atomic E-state index is 15.0. The van der Waals surface area contributed by atoms with Crippen LogP contribution in [0, 0.1) is 17.6 Å². The number of benzene rings is 2. The van der Waals surface area contributed by atoms with Crippen LogP contribution in [0.5, 0.6) is 0 Å². The quantitative estimate of drug-likeness (QED) is 0.723. The Morgan fingerprint density at radius 1 is 1.07 bits per heavy atom. The Balaban J connectivity index is 1.57. The Morgan fingerprint density at radius 2 is 1.80 bits per heavy atom. The lowest BCUT2D eigenvalue weighted by Crippen LogP contribution is -2.54. The monoisotopic (exact) mass is 412 g/mol. The first-order valence-corrected chi connectivity index (χ1v) is 11.0. The maximum atomic E-state index is 15.0. The van der Waals surface area contributed by atoms with Gasteiger partial charge in [-0.1, -0.05) is 36.4 Å². The normalized spacial score (nSPS) is 23.5. The summed E-state index contributed by atoms with van der Waals surface area (Å²) in [7, 11) is 0. The SMILES string of the molecule is CC(=O)N1CCCC(c2ccc(F)cc2F)(C2CCN(Cc3ccccc3)CC2)C1. The van der Waals surface area contributed by atoms with E-state index in [4.69, 9.17) is 0 Å². The van der Waals surface area contributed by atoms with Crippen LogP contribution in [-0.2, 0) is 16.8 Å². The van der Waals surface area contributed by atoms with Crippen molar-refractivity contribution in [2.75, 3.05) is 26.2 Å². The topological polar surface area (TPSA) is 23.6 Å². The Labute approximate surface area is 177 Å². The molecular formula is C25H30F2N2O. The molecule has 0 N–H and O–H groups in total. The molecule has 1 amide bonds. The number of piperidine rings is 2. The fourth-order valence-electron chi connectivity index (χ4n) is 5.50. The molecule has 0 saturated carbocycles. The van der Waals surface area contributed by atoms with E-state index in [-0.39, 0.29) is 11.8 Å². The van der Waals surface area contributed by atoms with Crippen molar-refractivity contribution in [2.24, 2.45) is 5.92 Å². The summed E-state index contributed by atoms with van der Waals surface area (Å²) in [5.74, 6) is -0.731. The molecule has 2 saturated heterocycles. The number of nitrogens with zero attached hydrogens (tertiary/aromatic N) is 2. The zero-order chi connectivity index (χ0) is 21.1. The van der Waals surface area contributed by atoms with Gasteiger partial charge in [0.1, 0.15) is 11.6 Å². The zero-order valence-corrected chi connectivity index (χ0v) is 17.6. The molecule has 0 aromatic heterocycles. The van der Waals surface area contributed by atoms with Crippen molar-refractivity contribution >= 4 is 5.91 Å². The molecule has 0 aliphatic carbocycles. The number of rotatable bonds is 4. The van der Waals surface area contributed by atoms with E-state index in [1.165, 1.54) is 11.6 Å². The number of carbonyl (C=O) groups excluding carboxylic acids is 1. The van der Waals surface area contributed by atoms with E-state index in [0.29, 0.717) is 18.7 Å². The molecule has 5 heteroatoms. The molecule has 2 aliphatic rings. The van der Waals surface area contributed by atoms with Gasteiger partial charge in [-0.05, 0) is 61.9 Å². The first kappa shape index (κ1) is 21.0. The van der Waals surface area contributed by atoms with Gasteiger partial charge in [0.05, 0.1) is 0 Å². The number of hydrogen-bond acceptors (Lipinski definition) is 2. The molecule has 2 fully saturated rings. The van der Waals surface area contributed by atoms with Gasteiger partial charge in [0.15, 0.2) is 0 Å². The van der Waals surface area contributed by atoms with Gasteiger partial charge < -0.3 is 4.90 Å².